The average molecular weight is 288 g/mol. The van der Waals surface area contributed by atoms with Gasteiger partial charge in [0.1, 0.15) is 6.61 Å². The van der Waals surface area contributed by atoms with E-state index in [1.54, 1.807) is 12.1 Å². The molecule has 0 aliphatic carbocycles. The van der Waals surface area contributed by atoms with Crippen LogP contribution in [0.15, 0.2) is 42.5 Å². The summed E-state index contributed by atoms with van der Waals surface area (Å²) in [5, 5.41) is 3.87. The number of carbonyl (C=O) groups excluding carboxylic acids is 1. The van der Waals surface area contributed by atoms with Crippen molar-refractivity contribution in [2.24, 2.45) is 0 Å². The van der Waals surface area contributed by atoms with Crippen LogP contribution in [0.3, 0.4) is 0 Å². The molecule has 0 aromatic heterocycles. The van der Waals surface area contributed by atoms with Crippen LogP contribution in [0.25, 0.3) is 0 Å². The van der Waals surface area contributed by atoms with Gasteiger partial charge in [0.05, 0.1) is 11.3 Å². The molecule has 3 nitrogen and oxygen atoms in total. The monoisotopic (exact) mass is 287 g/mol. The molecule has 20 heavy (non-hydrogen) atoms. The number of nitrogens with one attached hydrogen (secondary N) is 1. The Balaban J connectivity index is 1.88. The number of Topliss-reactive ketones (excluding diaryl/α,β-unsaturated/α-hetero) is 1. The Bertz CT molecular complexity index is 655. The van der Waals surface area contributed by atoms with E-state index in [4.69, 9.17) is 16.3 Å². The zero-order chi connectivity index (χ0) is 13.9. The van der Waals surface area contributed by atoms with Gasteiger partial charge < -0.3 is 10.1 Å². The van der Waals surface area contributed by atoms with Crippen LogP contribution in [0.5, 0.6) is 5.75 Å². The topological polar surface area (TPSA) is 38.3 Å². The first-order chi connectivity index (χ1) is 9.74. The van der Waals surface area contributed by atoms with Crippen molar-refractivity contribution in [2.75, 3.05) is 18.5 Å². The van der Waals surface area contributed by atoms with Gasteiger partial charge in [-0.1, -0.05) is 29.8 Å². The highest BCUT2D eigenvalue weighted by Crippen LogP contribution is 2.32. The fourth-order valence-corrected chi connectivity index (χ4v) is 2.53. The number of ether oxygens (including phenoxy) is 1. The van der Waals surface area contributed by atoms with E-state index in [-0.39, 0.29) is 5.78 Å². The molecule has 0 bridgehead atoms. The quantitative estimate of drug-likeness (QED) is 0.877. The van der Waals surface area contributed by atoms with E-state index in [2.05, 4.69) is 5.32 Å². The molecule has 2 aromatic rings. The van der Waals surface area contributed by atoms with Gasteiger partial charge in [-0.2, -0.15) is 0 Å². The first kappa shape index (κ1) is 13.0. The van der Waals surface area contributed by atoms with Gasteiger partial charge in [-0.3, -0.25) is 4.79 Å². The van der Waals surface area contributed by atoms with Crippen molar-refractivity contribution in [1.29, 1.82) is 0 Å². The Morgan fingerprint density at radius 2 is 2.10 bits per heavy atom. The third kappa shape index (κ3) is 2.63. The lowest BCUT2D eigenvalue weighted by atomic mass is 10.0. The maximum Gasteiger partial charge on any atom is 0.171 e. The fraction of sp³-hybridized carbons (Fsp3) is 0.188. The van der Waals surface area contributed by atoms with E-state index in [0.717, 1.165) is 17.8 Å². The number of benzene rings is 2. The van der Waals surface area contributed by atoms with Gasteiger partial charge in [0.25, 0.3) is 0 Å². The Hall–Kier alpha value is -2.00. The predicted octanol–water partition coefficient (Wildman–Crippen LogP) is 3.57. The Kier molecular flexibility index (Phi) is 3.61. The van der Waals surface area contributed by atoms with Gasteiger partial charge >= 0.3 is 0 Å². The Morgan fingerprint density at radius 1 is 1.25 bits per heavy atom. The normalized spacial score (nSPS) is 13.1. The Labute approximate surface area is 122 Å². The minimum Gasteiger partial charge on any atom is -0.489 e. The molecule has 1 heterocycles. The summed E-state index contributed by atoms with van der Waals surface area (Å²) in [6, 6.07) is 13.0. The second-order valence-corrected chi connectivity index (χ2v) is 5.12. The van der Waals surface area contributed by atoms with Crippen molar-refractivity contribution < 1.29 is 9.53 Å². The molecule has 0 fully saturated rings. The van der Waals surface area contributed by atoms with Crippen LogP contribution in [0, 0.1) is 0 Å². The fourth-order valence-electron chi connectivity index (χ4n) is 2.32. The zero-order valence-corrected chi connectivity index (χ0v) is 11.6. The second kappa shape index (κ2) is 5.55. The minimum atomic E-state index is 0.0350. The van der Waals surface area contributed by atoms with Crippen molar-refractivity contribution in [2.45, 2.75) is 6.42 Å². The molecule has 1 N–H and O–H groups in total. The molecule has 4 heteroatoms. The van der Waals surface area contributed by atoms with Crippen molar-refractivity contribution in [3.05, 3.63) is 58.6 Å². The van der Waals surface area contributed by atoms with Crippen molar-refractivity contribution in [3.8, 4) is 5.75 Å². The van der Waals surface area contributed by atoms with Crippen LogP contribution in [-0.4, -0.2) is 18.9 Å². The summed E-state index contributed by atoms with van der Waals surface area (Å²) in [5.41, 5.74) is 2.41. The van der Waals surface area contributed by atoms with Crippen LogP contribution < -0.4 is 10.1 Å². The number of carbonyl (C=O) groups is 1. The van der Waals surface area contributed by atoms with E-state index >= 15 is 0 Å². The van der Waals surface area contributed by atoms with Crippen LogP contribution in [0.4, 0.5) is 5.69 Å². The molecule has 0 atom stereocenters. The van der Waals surface area contributed by atoms with Crippen molar-refractivity contribution in [1.82, 2.24) is 0 Å². The molecule has 0 saturated heterocycles. The first-order valence-corrected chi connectivity index (χ1v) is 6.89. The largest absolute Gasteiger partial charge is 0.489 e. The van der Waals surface area contributed by atoms with Crippen LogP contribution in [0.2, 0.25) is 5.02 Å². The summed E-state index contributed by atoms with van der Waals surface area (Å²) in [4.78, 5) is 12.4. The molecule has 1 aliphatic heterocycles. The van der Waals surface area contributed by atoms with Gasteiger partial charge in [-0.15, -0.1) is 0 Å². The maximum atomic E-state index is 12.4. The van der Waals surface area contributed by atoms with Gasteiger partial charge in [-0.05, 0) is 29.8 Å². The highest BCUT2D eigenvalue weighted by Gasteiger charge is 2.19. The standard InChI is InChI=1S/C16H14ClNO2/c17-12-4-1-3-11(9-12)10-15(19)13-5-2-6-14-16(13)20-8-7-18-14/h1-6,9,18H,7-8,10H2. The summed E-state index contributed by atoms with van der Waals surface area (Å²) in [6.07, 6.45) is 0.320. The number of ketones is 1. The number of hydrogen-bond donors (Lipinski definition) is 1. The highest BCUT2D eigenvalue weighted by atomic mass is 35.5. The van der Waals surface area contributed by atoms with Gasteiger partial charge in [0.2, 0.25) is 0 Å². The van der Waals surface area contributed by atoms with E-state index in [0.29, 0.717) is 29.4 Å². The van der Waals surface area contributed by atoms with Crippen LogP contribution in [-0.2, 0) is 6.42 Å². The van der Waals surface area contributed by atoms with E-state index in [1.165, 1.54) is 0 Å². The first-order valence-electron chi connectivity index (χ1n) is 6.51. The number of hydrogen-bond acceptors (Lipinski definition) is 3. The molecule has 102 valence electrons. The average Bonchev–Trinajstić information content (AvgIpc) is 2.46. The molecule has 0 saturated carbocycles. The van der Waals surface area contributed by atoms with Crippen LogP contribution in [0.1, 0.15) is 15.9 Å². The van der Waals surface area contributed by atoms with Gasteiger partial charge in [-0.25, -0.2) is 0 Å². The molecule has 1 aliphatic rings. The molecule has 3 rings (SSSR count). The summed E-state index contributed by atoms with van der Waals surface area (Å²) in [5.74, 6) is 0.693. The number of rotatable bonds is 3. The highest BCUT2D eigenvalue weighted by molar-refractivity contribution is 6.30. The molecule has 0 spiro atoms. The zero-order valence-electron chi connectivity index (χ0n) is 10.9. The van der Waals surface area contributed by atoms with Crippen molar-refractivity contribution >= 4 is 23.1 Å². The summed E-state index contributed by atoms with van der Waals surface area (Å²) in [6.45, 7) is 1.34. The molecule has 0 amide bonds. The maximum absolute atomic E-state index is 12.4. The summed E-state index contributed by atoms with van der Waals surface area (Å²) < 4.78 is 5.63. The third-order valence-electron chi connectivity index (χ3n) is 3.23. The molecular weight excluding hydrogens is 274 g/mol. The number of halogens is 1. The molecule has 0 unspecified atom stereocenters. The lowest BCUT2D eigenvalue weighted by Gasteiger charge is -2.21. The summed E-state index contributed by atoms with van der Waals surface area (Å²) in [7, 11) is 0. The van der Waals surface area contributed by atoms with E-state index < -0.39 is 0 Å². The SMILES string of the molecule is O=C(Cc1cccc(Cl)c1)c1cccc2c1OCCN2. The van der Waals surface area contributed by atoms with Crippen LogP contribution >= 0.6 is 11.6 Å². The molecule has 2 aromatic carbocycles. The van der Waals surface area contributed by atoms with E-state index in [1.807, 2.05) is 30.3 Å². The van der Waals surface area contributed by atoms with Gasteiger partial charge in [0, 0.05) is 18.0 Å². The lowest BCUT2D eigenvalue weighted by Crippen LogP contribution is -2.20. The van der Waals surface area contributed by atoms with E-state index in [9.17, 15) is 4.79 Å². The smallest absolute Gasteiger partial charge is 0.171 e. The Morgan fingerprint density at radius 3 is 2.95 bits per heavy atom. The number of anilines is 1. The number of fused-ring (bicyclic) bond motifs is 1. The van der Waals surface area contributed by atoms with Gasteiger partial charge in [0.15, 0.2) is 11.5 Å². The lowest BCUT2D eigenvalue weighted by molar-refractivity contribution is 0.0989. The van der Waals surface area contributed by atoms with Crippen molar-refractivity contribution in [3.63, 3.8) is 0 Å². The molecular formula is C16H14ClNO2. The predicted molar refractivity (Wildman–Crippen MR) is 79.9 cm³/mol. The minimum absolute atomic E-state index is 0.0350. The summed E-state index contributed by atoms with van der Waals surface area (Å²) >= 11 is 5.94. The molecule has 0 radical (unpaired) electrons. The second-order valence-electron chi connectivity index (χ2n) is 4.69. The third-order valence-corrected chi connectivity index (χ3v) is 3.47. The number of para-hydroxylation sites is 1.